The molecular formula is C17H27NO. The zero-order valence-electron chi connectivity index (χ0n) is 12.0. The van der Waals surface area contributed by atoms with Gasteiger partial charge in [-0.1, -0.05) is 62.4 Å². The molecule has 1 aliphatic rings. The van der Waals surface area contributed by atoms with Crippen molar-refractivity contribution in [1.82, 2.24) is 5.32 Å². The second-order valence-corrected chi connectivity index (χ2v) is 5.85. The molecule has 1 fully saturated rings. The molecule has 2 unspecified atom stereocenters. The van der Waals surface area contributed by atoms with Crippen LogP contribution < -0.4 is 5.32 Å². The van der Waals surface area contributed by atoms with Crippen molar-refractivity contribution in [3.63, 3.8) is 0 Å². The minimum atomic E-state index is -0.411. The third-order valence-electron chi connectivity index (χ3n) is 4.22. The van der Waals surface area contributed by atoms with Crippen LogP contribution in [0.25, 0.3) is 0 Å². The Kier molecular flexibility index (Phi) is 5.87. The average molecular weight is 261 g/mol. The van der Waals surface area contributed by atoms with Crippen LogP contribution >= 0.6 is 0 Å². The van der Waals surface area contributed by atoms with E-state index in [9.17, 15) is 5.11 Å². The van der Waals surface area contributed by atoms with Crippen molar-refractivity contribution < 1.29 is 5.11 Å². The summed E-state index contributed by atoms with van der Waals surface area (Å²) in [6.45, 7) is 2.09. The molecule has 2 N–H and O–H groups in total. The summed E-state index contributed by atoms with van der Waals surface area (Å²) in [7, 11) is 0. The summed E-state index contributed by atoms with van der Waals surface area (Å²) in [6.07, 6.45) is 8.89. The highest BCUT2D eigenvalue weighted by molar-refractivity contribution is 5.18. The highest BCUT2D eigenvalue weighted by atomic mass is 16.3. The Morgan fingerprint density at radius 3 is 2.21 bits per heavy atom. The number of hydrogen-bond acceptors (Lipinski definition) is 2. The number of nitrogens with one attached hydrogen (secondary N) is 1. The van der Waals surface area contributed by atoms with Crippen LogP contribution in [0.2, 0.25) is 0 Å². The minimum Gasteiger partial charge on any atom is -0.387 e. The first-order chi connectivity index (χ1) is 9.27. The molecule has 2 atom stereocenters. The van der Waals surface area contributed by atoms with Gasteiger partial charge >= 0.3 is 0 Å². The normalized spacial score (nSPS) is 21.4. The maximum atomic E-state index is 10.4. The van der Waals surface area contributed by atoms with E-state index in [4.69, 9.17) is 0 Å². The van der Waals surface area contributed by atoms with E-state index in [1.807, 2.05) is 30.3 Å². The smallest absolute Gasteiger partial charge is 0.0940 e. The van der Waals surface area contributed by atoms with Crippen molar-refractivity contribution in [2.45, 2.75) is 70.1 Å². The molecule has 2 rings (SSSR count). The van der Waals surface area contributed by atoms with Crippen LogP contribution in [0, 0.1) is 0 Å². The van der Waals surface area contributed by atoms with Gasteiger partial charge in [0.2, 0.25) is 0 Å². The number of aliphatic hydroxyl groups excluding tert-OH is 1. The maximum absolute atomic E-state index is 10.4. The van der Waals surface area contributed by atoms with Crippen molar-refractivity contribution in [2.24, 2.45) is 0 Å². The molecule has 0 radical (unpaired) electrons. The lowest BCUT2D eigenvalue weighted by molar-refractivity contribution is 0.126. The van der Waals surface area contributed by atoms with Gasteiger partial charge in [-0.25, -0.2) is 0 Å². The molecule has 0 aromatic heterocycles. The van der Waals surface area contributed by atoms with E-state index in [0.717, 1.165) is 5.56 Å². The van der Waals surface area contributed by atoms with Crippen molar-refractivity contribution in [3.8, 4) is 0 Å². The fraction of sp³-hybridized carbons (Fsp3) is 0.647. The molecule has 2 heteroatoms. The number of benzene rings is 1. The lowest BCUT2D eigenvalue weighted by Gasteiger charge is -2.28. The molecule has 2 nitrogen and oxygen atoms in total. The van der Waals surface area contributed by atoms with Gasteiger partial charge in [0.15, 0.2) is 0 Å². The topological polar surface area (TPSA) is 32.3 Å². The van der Waals surface area contributed by atoms with Crippen LogP contribution in [-0.2, 0) is 0 Å². The Bertz CT molecular complexity index is 344. The second kappa shape index (κ2) is 7.66. The Morgan fingerprint density at radius 1 is 1.00 bits per heavy atom. The van der Waals surface area contributed by atoms with Crippen molar-refractivity contribution in [2.75, 3.05) is 0 Å². The highest BCUT2D eigenvalue weighted by Crippen LogP contribution is 2.21. The summed E-state index contributed by atoms with van der Waals surface area (Å²) in [5.74, 6) is 0. The molecule has 1 saturated carbocycles. The standard InChI is InChI=1S/C17H27NO/c1-14(17(19)15-10-6-5-7-11-15)18-16-12-8-3-2-4-9-13-16/h5-7,10-11,14,16-19H,2-4,8-9,12-13H2,1H3. The first-order valence-corrected chi connectivity index (χ1v) is 7.76. The second-order valence-electron chi connectivity index (χ2n) is 5.85. The summed E-state index contributed by atoms with van der Waals surface area (Å²) in [6, 6.07) is 10.7. The Labute approximate surface area is 117 Å². The number of aliphatic hydroxyl groups is 1. The molecule has 0 bridgehead atoms. The molecule has 0 amide bonds. The zero-order valence-corrected chi connectivity index (χ0v) is 12.0. The van der Waals surface area contributed by atoms with Crippen molar-refractivity contribution in [3.05, 3.63) is 35.9 Å². The lowest BCUT2D eigenvalue weighted by Crippen LogP contribution is -2.40. The van der Waals surface area contributed by atoms with Gasteiger partial charge in [-0.2, -0.15) is 0 Å². The predicted molar refractivity (Wildman–Crippen MR) is 80.1 cm³/mol. The Balaban J connectivity index is 1.86. The minimum absolute atomic E-state index is 0.117. The molecule has 1 aromatic carbocycles. The van der Waals surface area contributed by atoms with Gasteiger partial charge in [-0.05, 0) is 25.3 Å². The van der Waals surface area contributed by atoms with Crippen LogP contribution in [0.3, 0.4) is 0 Å². The lowest BCUT2D eigenvalue weighted by atomic mass is 9.95. The molecular weight excluding hydrogens is 234 g/mol. The van der Waals surface area contributed by atoms with Gasteiger partial charge in [-0.3, -0.25) is 0 Å². The van der Waals surface area contributed by atoms with Gasteiger partial charge in [0.25, 0.3) is 0 Å². The maximum Gasteiger partial charge on any atom is 0.0940 e. The van der Waals surface area contributed by atoms with Crippen LogP contribution in [0.1, 0.15) is 63.5 Å². The third kappa shape index (κ3) is 4.63. The average Bonchev–Trinajstić information content (AvgIpc) is 2.41. The number of rotatable bonds is 4. The largest absolute Gasteiger partial charge is 0.387 e. The van der Waals surface area contributed by atoms with Gasteiger partial charge < -0.3 is 10.4 Å². The summed E-state index contributed by atoms with van der Waals surface area (Å²) in [5.41, 5.74) is 1.01. The van der Waals surface area contributed by atoms with E-state index >= 15 is 0 Å². The van der Waals surface area contributed by atoms with E-state index in [-0.39, 0.29) is 6.04 Å². The van der Waals surface area contributed by atoms with Crippen LogP contribution in [0.4, 0.5) is 0 Å². The summed E-state index contributed by atoms with van der Waals surface area (Å²) < 4.78 is 0. The molecule has 1 aliphatic carbocycles. The molecule has 19 heavy (non-hydrogen) atoms. The molecule has 106 valence electrons. The van der Waals surface area contributed by atoms with Gasteiger partial charge in [0.05, 0.1) is 6.10 Å². The van der Waals surface area contributed by atoms with Gasteiger partial charge in [-0.15, -0.1) is 0 Å². The Morgan fingerprint density at radius 2 is 1.58 bits per heavy atom. The van der Waals surface area contributed by atoms with E-state index in [1.54, 1.807) is 0 Å². The molecule has 0 aliphatic heterocycles. The molecule has 1 aromatic rings. The van der Waals surface area contributed by atoms with Crippen LogP contribution in [-0.4, -0.2) is 17.2 Å². The molecule has 0 saturated heterocycles. The fourth-order valence-electron chi connectivity index (χ4n) is 3.02. The van der Waals surface area contributed by atoms with Crippen molar-refractivity contribution in [1.29, 1.82) is 0 Å². The third-order valence-corrected chi connectivity index (χ3v) is 4.22. The first kappa shape index (κ1) is 14.5. The zero-order chi connectivity index (χ0) is 13.5. The summed E-state index contributed by atoms with van der Waals surface area (Å²) >= 11 is 0. The summed E-state index contributed by atoms with van der Waals surface area (Å²) in [5, 5.41) is 14.0. The van der Waals surface area contributed by atoms with E-state index in [0.29, 0.717) is 6.04 Å². The summed E-state index contributed by atoms with van der Waals surface area (Å²) in [4.78, 5) is 0. The Hall–Kier alpha value is -0.860. The SMILES string of the molecule is CC(NC1CCCCCCC1)C(O)c1ccccc1. The number of hydrogen-bond donors (Lipinski definition) is 2. The quantitative estimate of drug-likeness (QED) is 0.864. The fourth-order valence-corrected chi connectivity index (χ4v) is 3.02. The van der Waals surface area contributed by atoms with Crippen molar-refractivity contribution >= 4 is 0 Å². The van der Waals surface area contributed by atoms with Gasteiger partial charge in [0, 0.05) is 12.1 Å². The van der Waals surface area contributed by atoms with Gasteiger partial charge in [0.1, 0.15) is 0 Å². The van der Waals surface area contributed by atoms with E-state index < -0.39 is 6.10 Å². The highest BCUT2D eigenvalue weighted by Gasteiger charge is 2.20. The van der Waals surface area contributed by atoms with E-state index in [1.165, 1.54) is 44.9 Å². The first-order valence-electron chi connectivity index (χ1n) is 7.76. The monoisotopic (exact) mass is 261 g/mol. The van der Waals surface area contributed by atoms with E-state index in [2.05, 4.69) is 12.2 Å². The molecule has 0 spiro atoms. The van der Waals surface area contributed by atoms with Crippen LogP contribution in [0.15, 0.2) is 30.3 Å². The predicted octanol–water partition coefficient (Wildman–Crippen LogP) is 3.81. The van der Waals surface area contributed by atoms with Crippen LogP contribution in [0.5, 0.6) is 0 Å². The molecule has 0 heterocycles.